The Labute approximate surface area is 129 Å². The van der Waals surface area contributed by atoms with Gasteiger partial charge in [-0.3, -0.25) is 4.79 Å². The van der Waals surface area contributed by atoms with E-state index < -0.39 is 6.10 Å². The fraction of sp³-hybridized carbons (Fsp3) is 0.278. The maximum Gasteiger partial charge on any atom is 0.265 e. The van der Waals surface area contributed by atoms with E-state index in [9.17, 15) is 4.79 Å². The summed E-state index contributed by atoms with van der Waals surface area (Å²) in [6, 6.07) is 13.5. The molecule has 0 saturated heterocycles. The third kappa shape index (κ3) is 2.30. The highest BCUT2D eigenvalue weighted by Gasteiger charge is 2.29. The van der Waals surface area contributed by atoms with Crippen molar-refractivity contribution < 1.29 is 14.3 Å². The van der Waals surface area contributed by atoms with Crippen LogP contribution < -0.4 is 14.8 Å². The third-order valence-corrected chi connectivity index (χ3v) is 4.10. The highest BCUT2D eigenvalue weighted by molar-refractivity contribution is 5.95. The molecule has 0 spiro atoms. The van der Waals surface area contributed by atoms with Crippen LogP contribution in [0.4, 0.5) is 5.69 Å². The smallest absolute Gasteiger partial charge is 0.265 e. The zero-order chi connectivity index (χ0) is 15.1. The number of fused-ring (bicyclic) bond motifs is 2. The summed E-state index contributed by atoms with van der Waals surface area (Å²) in [4.78, 5) is 12.4. The van der Waals surface area contributed by atoms with Crippen LogP contribution in [0.15, 0.2) is 42.5 Å². The highest BCUT2D eigenvalue weighted by atomic mass is 16.5. The molecule has 0 aliphatic carbocycles. The predicted molar refractivity (Wildman–Crippen MR) is 83.4 cm³/mol. The average Bonchev–Trinajstić information content (AvgIpc) is 3.08. The minimum Gasteiger partial charge on any atom is -0.490 e. The van der Waals surface area contributed by atoms with Crippen LogP contribution in [0.2, 0.25) is 0 Å². The summed E-state index contributed by atoms with van der Waals surface area (Å²) >= 11 is 0. The number of nitrogens with one attached hydrogen (secondary N) is 1. The fourth-order valence-electron chi connectivity index (χ4n) is 3.05. The zero-order valence-corrected chi connectivity index (χ0v) is 12.3. The molecule has 4 nitrogen and oxygen atoms in total. The number of anilines is 1. The van der Waals surface area contributed by atoms with Crippen LogP contribution in [0, 0.1) is 0 Å². The van der Waals surface area contributed by atoms with Crippen molar-refractivity contribution in [2.24, 2.45) is 0 Å². The average molecular weight is 295 g/mol. The van der Waals surface area contributed by atoms with Gasteiger partial charge < -0.3 is 14.8 Å². The Morgan fingerprint density at radius 1 is 1.05 bits per heavy atom. The number of carbonyl (C=O) groups excluding carboxylic acids is 1. The van der Waals surface area contributed by atoms with E-state index in [2.05, 4.69) is 5.32 Å². The minimum absolute atomic E-state index is 0.108. The monoisotopic (exact) mass is 295 g/mol. The first kappa shape index (κ1) is 13.2. The SMILES string of the molecule is CC1Cc2cc(NC(=O)C3Cc4ccccc4O3)ccc2O1. The highest BCUT2D eigenvalue weighted by Crippen LogP contribution is 2.32. The van der Waals surface area contributed by atoms with Crippen molar-refractivity contribution in [1.82, 2.24) is 0 Å². The molecule has 2 atom stereocenters. The molecule has 4 rings (SSSR count). The van der Waals surface area contributed by atoms with Gasteiger partial charge in [-0.2, -0.15) is 0 Å². The molecule has 0 saturated carbocycles. The van der Waals surface area contributed by atoms with E-state index in [1.54, 1.807) is 0 Å². The topological polar surface area (TPSA) is 47.6 Å². The summed E-state index contributed by atoms with van der Waals surface area (Å²) in [5.41, 5.74) is 3.01. The number of hydrogen-bond acceptors (Lipinski definition) is 3. The first-order chi connectivity index (χ1) is 10.7. The maximum atomic E-state index is 12.4. The Morgan fingerprint density at radius 3 is 2.73 bits per heavy atom. The third-order valence-electron chi connectivity index (χ3n) is 4.10. The molecule has 4 heteroatoms. The molecule has 2 heterocycles. The van der Waals surface area contributed by atoms with Gasteiger partial charge in [-0.05, 0) is 42.3 Å². The lowest BCUT2D eigenvalue weighted by molar-refractivity contribution is -0.122. The second-order valence-corrected chi connectivity index (χ2v) is 5.86. The van der Waals surface area contributed by atoms with E-state index in [-0.39, 0.29) is 12.0 Å². The quantitative estimate of drug-likeness (QED) is 0.926. The summed E-state index contributed by atoms with van der Waals surface area (Å²) in [7, 11) is 0. The molecule has 0 radical (unpaired) electrons. The Bertz CT molecular complexity index is 716. The van der Waals surface area contributed by atoms with E-state index in [1.807, 2.05) is 49.4 Å². The van der Waals surface area contributed by atoms with Gasteiger partial charge in [0.2, 0.25) is 0 Å². The van der Waals surface area contributed by atoms with Crippen LogP contribution in [0.3, 0.4) is 0 Å². The summed E-state index contributed by atoms with van der Waals surface area (Å²) in [5.74, 6) is 1.61. The van der Waals surface area contributed by atoms with Crippen LogP contribution in [0.1, 0.15) is 18.1 Å². The molecule has 2 aliphatic heterocycles. The molecule has 2 aromatic carbocycles. The van der Waals surface area contributed by atoms with Gasteiger partial charge in [-0.15, -0.1) is 0 Å². The largest absolute Gasteiger partial charge is 0.490 e. The summed E-state index contributed by atoms with van der Waals surface area (Å²) in [6.07, 6.45) is 1.24. The van der Waals surface area contributed by atoms with Gasteiger partial charge in [0.15, 0.2) is 6.10 Å². The first-order valence-corrected chi connectivity index (χ1v) is 7.54. The molecule has 0 bridgehead atoms. The molecule has 0 aromatic heterocycles. The summed E-state index contributed by atoms with van der Waals surface area (Å²) in [5, 5.41) is 2.94. The lowest BCUT2D eigenvalue weighted by Crippen LogP contribution is -2.31. The first-order valence-electron chi connectivity index (χ1n) is 7.54. The van der Waals surface area contributed by atoms with Crippen LogP contribution in [-0.4, -0.2) is 18.1 Å². The van der Waals surface area contributed by atoms with Gasteiger partial charge in [0.1, 0.15) is 17.6 Å². The van der Waals surface area contributed by atoms with E-state index in [0.717, 1.165) is 34.7 Å². The number of ether oxygens (including phenoxy) is 2. The normalized spacial score (nSPS) is 21.5. The molecule has 0 fully saturated rings. The molecular weight excluding hydrogens is 278 g/mol. The van der Waals surface area contributed by atoms with Crippen molar-refractivity contribution in [3.05, 3.63) is 53.6 Å². The lowest BCUT2D eigenvalue weighted by atomic mass is 10.1. The Balaban J connectivity index is 1.47. The van der Waals surface area contributed by atoms with Crippen molar-refractivity contribution in [2.75, 3.05) is 5.32 Å². The van der Waals surface area contributed by atoms with Crippen LogP contribution >= 0.6 is 0 Å². The van der Waals surface area contributed by atoms with Gasteiger partial charge >= 0.3 is 0 Å². The molecule has 1 amide bonds. The van der Waals surface area contributed by atoms with Crippen molar-refractivity contribution in [3.8, 4) is 11.5 Å². The van der Waals surface area contributed by atoms with Crippen molar-refractivity contribution in [2.45, 2.75) is 32.0 Å². The number of rotatable bonds is 2. The standard InChI is InChI=1S/C18H17NO3/c1-11-8-13-9-14(6-7-16(13)21-11)19-18(20)17-10-12-4-2-3-5-15(12)22-17/h2-7,9,11,17H,8,10H2,1H3,(H,19,20). The number of carbonyl (C=O) groups is 1. The summed E-state index contributed by atoms with van der Waals surface area (Å²) in [6.45, 7) is 2.04. The van der Waals surface area contributed by atoms with E-state index >= 15 is 0 Å². The van der Waals surface area contributed by atoms with Gasteiger partial charge in [-0.25, -0.2) is 0 Å². The number of hydrogen-bond donors (Lipinski definition) is 1. The number of para-hydroxylation sites is 1. The van der Waals surface area contributed by atoms with Gasteiger partial charge in [0.05, 0.1) is 0 Å². The molecule has 2 aliphatic rings. The summed E-state index contributed by atoms with van der Waals surface area (Å²) < 4.78 is 11.4. The van der Waals surface area contributed by atoms with Crippen molar-refractivity contribution >= 4 is 11.6 Å². The van der Waals surface area contributed by atoms with Crippen LogP contribution in [0.25, 0.3) is 0 Å². The Hall–Kier alpha value is -2.49. The van der Waals surface area contributed by atoms with Crippen molar-refractivity contribution in [1.29, 1.82) is 0 Å². The van der Waals surface area contributed by atoms with Gasteiger partial charge in [-0.1, -0.05) is 18.2 Å². The van der Waals surface area contributed by atoms with Crippen LogP contribution in [-0.2, 0) is 17.6 Å². The lowest BCUT2D eigenvalue weighted by Gasteiger charge is -2.12. The van der Waals surface area contributed by atoms with E-state index in [1.165, 1.54) is 0 Å². The fourth-order valence-corrected chi connectivity index (χ4v) is 3.05. The van der Waals surface area contributed by atoms with E-state index in [0.29, 0.717) is 6.42 Å². The second-order valence-electron chi connectivity index (χ2n) is 5.86. The van der Waals surface area contributed by atoms with Crippen molar-refractivity contribution in [3.63, 3.8) is 0 Å². The molecule has 2 aromatic rings. The minimum atomic E-state index is -0.458. The Kier molecular flexibility index (Phi) is 3.03. The zero-order valence-electron chi connectivity index (χ0n) is 12.3. The maximum absolute atomic E-state index is 12.4. The molecule has 2 unspecified atom stereocenters. The second kappa shape index (κ2) is 5.05. The predicted octanol–water partition coefficient (Wildman–Crippen LogP) is 2.95. The number of amides is 1. The van der Waals surface area contributed by atoms with E-state index in [4.69, 9.17) is 9.47 Å². The molecule has 112 valence electrons. The molecule has 22 heavy (non-hydrogen) atoms. The molecule has 1 N–H and O–H groups in total. The van der Waals surface area contributed by atoms with Gasteiger partial charge in [0, 0.05) is 18.5 Å². The van der Waals surface area contributed by atoms with Crippen LogP contribution in [0.5, 0.6) is 11.5 Å². The molecular formula is C18H17NO3. The van der Waals surface area contributed by atoms with Gasteiger partial charge in [0.25, 0.3) is 5.91 Å². The Morgan fingerprint density at radius 2 is 1.86 bits per heavy atom. The number of benzene rings is 2.